The van der Waals surface area contributed by atoms with E-state index in [-0.39, 0.29) is 12.0 Å². The lowest BCUT2D eigenvalue weighted by molar-refractivity contribution is -0.137. The van der Waals surface area contributed by atoms with Crippen molar-refractivity contribution in [3.05, 3.63) is 130 Å². The molecule has 4 aromatic rings. The molecule has 1 atom stereocenters. The summed E-state index contributed by atoms with van der Waals surface area (Å²) in [7, 11) is 0. The summed E-state index contributed by atoms with van der Waals surface area (Å²) in [6, 6.07) is 25.6. The summed E-state index contributed by atoms with van der Waals surface area (Å²) in [5, 5.41) is 3.68. The largest absolute Gasteiger partial charge is 0.489 e. The number of esters is 1. The third kappa shape index (κ3) is 8.26. The van der Waals surface area contributed by atoms with Crippen molar-refractivity contribution in [1.82, 2.24) is 10.3 Å². The normalized spacial score (nSPS) is 14.6. The molecule has 1 aliphatic rings. The van der Waals surface area contributed by atoms with E-state index in [1.807, 2.05) is 48.5 Å². The lowest BCUT2D eigenvalue weighted by atomic mass is 9.91. The van der Waals surface area contributed by atoms with Gasteiger partial charge in [-0.3, -0.25) is 0 Å². The van der Waals surface area contributed by atoms with Crippen molar-refractivity contribution >= 4 is 5.97 Å². The Balaban J connectivity index is 1.11. The Morgan fingerprint density at radius 1 is 0.886 bits per heavy atom. The lowest BCUT2D eigenvalue weighted by Crippen LogP contribution is -2.28. The minimum Gasteiger partial charge on any atom is -0.489 e. The molecule has 1 aliphatic carbocycles. The average Bonchev–Trinajstić information content (AvgIpc) is 3.03. The molecule has 0 saturated carbocycles. The van der Waals surface area contributed by atoms with Gasteiger partial charge in [0.1, 0.15) is 18.1 Å². The van der Waals surface area contributed by atoms with Crippen LogP contribution in [-0.4, -0.2) is 24.1 Å². The quantitative estimate of drug-likeness (QED) is 0.167. The fraction of sp³-hybridized carbons (Fsp3) is 0.333. The second-order valence-electron chi connectivity index (χ2n) is 11.0. The number of rotatable bonds is 12. The number of aryl methyl sites for hydroxylation is 3. The van der Waals surface area contributed by atoms with E-state index in [1.54, 1.807) is 25.1 Å². The Labute approximate surface area is 256 Å². The van der Waals surface area contributed by atoms with Gasteiger partial charge in [-0.1, -0.05) is 60.7 Å². The summed E-state index contributed by atoms with van der Waals surface area (Å²) in [5.41, 5.74) is 6.03. The van der Waals surface area contributed by atoms with Crippen LogP contribution in [0.2, 0.25) is 0 Å². The molecule has 44 heavy (non-hydrogen) atoms. The van der Waals surface area contributed by atoms with E-state index in [9.17, 15) is 18.0 Å². The number of alkyl halides is 3. The molecule has 1 aromatic heterocycles. The van der Waals surface area contributed by atoms with Gasteiger partial charge in [-0.05, 0) is 104 Å². The van der Waals surface area contributed by atoms with Crippen molar-refractivity contribution in [1.29, 1.82) is 0 Å². The number of pyridine rings is 1. The van der Waals surface area contributed by atoms with Gasteiger partial charge in [-0.2, -0.15) is 13.2 Å². The first-order chi connectivity index (χ1) is 21.3. The number of benzene rings is 3. The highest BCUT2D eigenvalue weighted by atomic mass is 19.4. The zero-order valence-electron chi connectivity index (χ0n) is 24.8. The molecule has 0 saturated heterocycles. The van der Waals surface area contributed by atoms with Crippen molar-refractivity contribution in [2.24, 2.45) is 0 Å². The molecule has 0 radical (unpaired) electrons. The van der Waals surface area contributed by atoms with Gasteiger partial charge in [-0.15, -0.1) is 0 Å². The molecule has 8 heteroatoms. The summed E-state index contributed by atoms with van der Waals surface area (Å²) in [6.45, 7) is 3.33. The molecule has 1 heterocycles. The van der Waals surface area contributed by atoms with Gasteiger partial charge in [0.2, 0.25) is 0 Å². The summed E-state index contributed by atoms with van der Waals surface area (Å²) in [6.07, 6.45) is 0.802. The maximum absolute atomic E-state index is 12.8. The van der Waals surface area contributed by atoms with Crippen LogP contribution in [0.15, 0.2) is 84.9 Å². The number of halogens is 3. The van der Waals surface area contributed by atoms with Crippen LogP contribution in [0.25, 0.3) is 0 Å². The second kappa shape index (κ2) is 14.5. The maximum atomic E-state index is 12.8. The Hall–Kier alpha value is -4.17. The van der Waals surface area contributed by atoms with Crippen molar-refractivity contribution in [3.8, 4) is 5.75 Å². The average molecular weight is 603 g/mol. The molecule has 5 nitrogen and oxygen atoms in total. The predicted octanol–water partition coefficient (Wildman–Crippen LogP) is 7.85. The predicted molar refractivity (Wildman–Crippen MR) is 164 cm³/mol. The van der Waals surface area contributed by atoms with E-state index in [4.69, 9.17) is 9.47 Å². The monoisotopic (exact) mass is 602 g/mol. The number of ether oxygens (including phenoxy) is 2. The topological polar surface area (TPSA) is 60.5 Å². The Morgan fingerprint density at radius 2 is 1.57 bits per heavy atom. The molecule has 0 fully saturated rings. The first-order valence-corrected chi connectivity index (χ1v) is 15.1. The van der Waals surface area contributed by atoms with E-state index < -0.39 is 11.7 Å². The van der Waals surface area contributed by atoms with Crippen LogP contribution in [0, 0.1) is 0 Å². The molecular weight excluding hydrogens is 565 g/mol. The number of hydrogen-bond acceptors (Lipinski definition) is 5. The van der Waals surface area contributed by atoms with Crippen LogP contribution in [0.5, 0.6) is 5.75 Å². The fourth-order valence-corrected chi connectivity index (χ4v) is 5.53. The van der Waals surface area contributed by atoms with Gasteiger partial charge < -0.3 is 14.8 Å². The number of hydrogen-bond donors (Lipinski definition) is 1. The lowest BCUT2D eigenvalue weighted by Gasteiger charge is -2.26. The molecule has 0 aliphatic heterocycles. The number of nitrogens with zero attached hydrogens (tertiary/aromatic N) is 1. The van der Waals surface area contributed by atoms with Crippen LogP contribution < -0.4 is 10.1 Å². The minimum atomic E-state index is -4.31. The van der Waals surface area contributed by atoms with Crippen molar-refractivity contribution in [3.63, 3.8) is 0 Å². The van der Waals surface area contributed by atoms with Gasteiger partial charge in [-0.25, -0.2) is 9.78 Å². The van der Waals surface area contributed by atoms with E-state index in [0.29, 0.717) is 25.3 Å². The summed E-state index contributed by atoms with van der Waals surface area (Å²) >= 11 is 0. The highest BCUT2D eigenvalue weighted by Gasteiger charge is 2.30. The number of para-hydroxylation sites is 1. The van der Waals surface area contributed by atoms with Gasteiger partial charge in [0, 0.05) is 11.7 Å². The highest BCUT2D eigenvalue weighted by molar-refractivity contribution is 5.87. The van der Waals surface area contributed by atoms with Crippen molar-refractivity contribution < 1.29 is 27.4 Å². The minimum absolute atomic E-state index is 0.188. The number of aromatic nitrogens is 1. The van der Waals surface area contributed by atoms with Crippen LogP contribution in [0.3, 0.4) is 0 Å². The molecule has 0 amide bonds. The first-order valence-electron chi connectivity index (χ1n) is 15.1. The van der Waals surface area contributed by atoms with E-state index in [0.717, 1.165) is 90.0 Å². The molecule has 3 aromatic carbocycles. The van der Waals surface area contributed by atoms with Gasteiger partial charge in [0.15, 0.2) is 0 Å². The number of nitrogens with one attached hydrogen (secondary N) is 1. The molecule has 1 unspecified atom stereocenters. The third-order valence-corrected chi connectivity index (χ3v) is 7.93. The molecule has 0 spiro atoms. The summed E-state index contributed by atoms with van der Waals surface area (Å²) < 4.78 is 49.7. The molecule has 5 rings (SSSR count). The van der Waals surface area contributed by atoms with Crippen molar-refractivity contribution in [2.45, 2.75) is 64.3 Å². The van der Waals surface area contributed by atoms with Gasteiger partial charge in [0.25, 0.3) is 0 Å². The van der Waals surface area contributed by atoms with Crippen LogP contribution in [0.4, 0.5) is 13.2 Å². The molecule has 1 N–H and O–H groups in total. The standard InChI is InChI=1S/C36H37F3N2O3/c1-2-43-35(42)33-21-20-30-31(7-5-8-32(30)41-33)40-23-22-28-6-3-4-9-34(28)44-24-27-14-12-25(13-15-27)10-11-26-16-18-29(19-17-26)36(37,38)39/h3-4,6,9,12-21,31,40H,2,5,7-8,10-11,22-24H2,1H3. The highest BCUT2D eigenvalue weighted by Crippen LogP contribution is 2.30. The van der Waals surface area contributed by atoms with Crippen LogP contribution in [0.1, 0.15) is 75.4 Å². The zero-order chi connectivity index (χ0) is 30.9. The Kier molecular flexibility index (Phi) is 10.3. The zero-order valence-corrected chi connectivity index (χ0v) is 24.8. The first kappa shape index (κ1) is 31.3. The molecular formula is C36H37F3N2O3. The molecule has 230 valence electrons. The third-order valence-electron chi connectivity index (χ3n) is 7.93. The molecule has 0 bridgehead atoms. The van der Waals surface area contributed by atoms with E-state index >= 15 is 0 Å². The Morgan fingerprint density at radius 3 is 2.27 bits per heavy atom. The number of carbonyl (C=O) groups is 1. The summed E-state index contributed by atoms with van der Waals surface area (Å²) in [4.78, 5) is 16.7. The van der Waals surface area contributed by atoms with E-state index in [2.05, 4.69) is 16.4 Å². The maximum Gasteiger partial charge on any atom is 0.416 e. The van der Waals surface area contributed by atoms with Crippen LogP contribution in [-0.2, 0) is 43.2 Å². The fourth-order valence-electron chi connectivity index (χ4n) is 5.53. The Bertz CT molecular complexity index is 1540. The van der Waals surface area contributed by atoms with Gasteiger partial charge in [0.05, 0.1) is 12.2 Å². The smallest absolute Gasteiger partial charge is 0.416 e. The van der Waals surface area contributed by atoms with Crippen molar-refractivity contribution in [2.75, 3.05) is 13.2 Å². The SMILES string of the molecule is CCOC(=O)c1ccc2c(n1)CCCC2NCCc1ccccc1OCc1ccc(CCc2ccc(C(F)(F)F)cc2)cc1. The van der Waals surface area contributed by atoms with Crippen LogP contribution >= 0.6 is 0 Å². The van der Waals surface area contributed by atoms with E-state index in [1.165, 1.54) is 0 Å². The second-order valence-corrected chi connectivity index (χ2v) is 11.0. The summed E-state index contributed by atoms with van der Waals surface area (Å²) in [5.74, 6) is 0.472. The van der Waals surface area contributed by atoms with Gasteiger partial charge >= 0.3 is 12.1 Å². The number of carbonyl (C=O) groups excluding carboxylic acids is 1. The number of fused-ring (bicyclic) bond motifs is 1.